The van der Waals surface area contributed by atoms with Crippen molar-refractivity contribution in [3.05, 3.63) is 23.8 Å². The van der Waals surface area contributed by atoms with Gasteiger partial charge in [0.15, 0.2) is 11.5 Å². The smallest absolute Gasteiger partial charge is 0.303 e. The molecule has 6 nitrogen and oxygen atoms in total. The Morgan fingerprint density at radius 1 is 1.41 bits per heavy atom. The van der Waals surface area contributed by atoms with Crippen LogP contribution in [0, 0.1) is 5.92 Å². The van der Waals surface area contributed by atoms with Crippen molar-refractivity contribution in [1.29, 1.82) is 0 Å². The van der Waals surface area contributed by atoms with Crippen molar-refractivity contribution in [3.8, 4) is 11.5 Å². The van der Waals surface area contributed by atoms with Gasteiger partial charge in [0.1, 0.15) is 5.60 Å². The number of carboxylic acids is 1. The van der Waals surface area contributed by atoms with Crippen LogP contribution in [0.5, 0.6) is 11.5 Å². The summed E-state index contributed by atoms with van der Waals surface area (Å²) >= 11 is 0. The molecule has 27 heavy (non-hydrogen) atoms. The minimum atomic E-state index is -0.724. The SMILES string of the molecule is COc1cccc2c1OC(C)(C)[C@H]1C[C@@H]3[C@H](CCN3CCCC(=O)O)O[C@H]21. The molecule has 1 N–H and O–H groups in total. The van der Waals surface area contributed by atoms with Crippen LogP contribution in [0.1, 0.15) is 51.2 Å². The number of rotatable bonds is 5. The minimum Gasteiger partial charge on any atom is -0.493 e. The lowest BCUT2D eigenvalue weighted by Gasteiger charge is -2.51. The van der Waals surface area contributed by atoms with E-state index in [-0.39, 0.29) is 30.1 Å². The fourth-order valence-electron chi connectivity index (χ4n) is 5.03. The quantitative estimate of drug-likeness (QED) is 0.852. The summed E-state index contributed by atoms with van der Waals surface area (Å²) in [5.41, 5.74) is 0.730. The standard InChI is InChI=1S/C21H29NO5/c1-21(2)14-12-15-16(9-11-22(15)10-5-8-18(23)24)26-19(14)13-6-4-7-17(25-3)20(13)27-21/h4,6-7,14-16,19H,5,8-12H2,1-3H3,(H,23,24)/t14-,15+,16-,19+/m0/s1. The number of hydrogen-bond acceptors (Lipinski definition) is 5. The molecule has 0 saturated carbocycles. The maximum absolute atomic E-state index is 10.8. The number of fused-ring (bicyclic) bond motifs is 4. The number of likely N-dealkylation sites (tertiary alicyclic amines) is 1. The summed E-state index contributed by atoms with van der Waals surface area (Å²) in [6.07, 6.45) is 3.13. The van der Waals surface area contributed by atoms with Crippen molar-refractivity contribution in [1.82, 2.24) is 4.90 Å². The van der Waals surface area contributed by atoms with Crippen LogP contribution in [0.2, 0.25) is 0 Å². The lowest BCUT2D eigenvalue weighted by Crippen LogP contribution is -2.54. The lowest BCUT2D eigenvalue weighted by molar-refractivity contribution is -0.162. The molecule has 3 aliphatic rings. The molecule has 4 atom stereocenters. The van der Waals surface area contributed by atoms with E-state index in [9.17, 15) is 4.79 Å². The molecule has 2 saturated heterocycles. The first kappa shape index (κ1) is 18.6. The van der Waals surface area contributed by atoms with Crippen molar-refractivity contribution in [3.63, 3.8) is 0 Å². The number of methoxy groups -OCH3 is 1. The Hall–Kier alpha value is -1.79. The zero-order chi connectivity index (χ0) is 19.2. The molecule has 3 heterocycles. The first-order chi connectivity index (χ1) is 12.9. The topological polar surface area (TPSA) is 68.2 Å². The van der Waals surface area contributed by atoms with Crippen LogP contribution >= 0.6 is 0 Å². The molecular formula is C21H29NO5. The Kier molecular flexibility index (Phi) is 4.80. The molecule has 0 bridgehead atoms. The van der Waals surface area contributed by atoms with E-state index in [0.717, 1.165) is 43.0 Å². The first-order valence-corrected chi connectivity index (χ1v) is 9.88. The Labute approximate surface area is 160 Å². The first-order valence-electron chi connectivity index (χ1n) is 9.88. The number of carbonyl (C=O) groups is 1. The monoisotopic (exact) mass is 375 g/mol. The molecule has 0 aliphatic carbocycles. The fraction of sp³-hybridized carbons (Fsp3) is 0.667. The second kappa shape index (κ2) is 6.99. The summed E-state index contributed by atoms with van der Waals surface area (Å²) in [5.74, 6) is 1.09. The van der Waals surface area contributed by atoms with E-state index >= 15 is 0 Å². The van der Waals surface area contributed by atoms with Crippen LogP contribution < -0.4 is 9.47 Å². The van der Waals surface area contributed by atoms with Crippen LogP contribution in [-0.4, -0.2) is 53.9 Å². The molecule has 4 rings (SSSR count). The molecule has 0 aromatic heterocycles. The Balaban J connectivity index is 1.56. The number of benzene rings is 1. The molecule has 0 amide bonds. The van der Waals surface area contributed by atoms with E-state index in [1.54, 1.807) is 7.11 Å². The van der Waals surface area contributed by atoms with Crippen molar-refractivity contribution >= 4 is 5.97 Å². The average molecular weight is 375 g/mol. The van der Waals surface area contributed by atoms with Gasteiger partial charge in [-0.1, -0.05) is 12.1 Å². The molecular weight excluding hydrogens is 346 g/mol. The van der Waals surface area contributed by atoms with Gasteiger partial charge in [0.05, 0.1) is 19.3 Å². The Morgan fingerprint density at radius 2 is 2.22 bits per heavy atom. The van der Waals surface area contributed by atoms with Crippen molar-refractivity contribution in [2.24, 2.45) is 5.92 Å². The summed E-state index contributed by atoms with van der Waals surface area (Å²) in [6, 6.07) is 6.36. The number of carboxylic acid groups (broad SMARTS) is 1. The van der Waals surface area contributed by atoms with E-state index in [1.165, 1.54) is 0 Å². The number of aliphatic carboxylic acids is 1. The normalized spacial score (nSPS) is 31.4. The summed E-state index contributed by atoms with van der Waals surface area (Å²) in [5, 5.41) is 8.91. The minimum absolute atomic E-state index is 0.0130. The van der Waals surface area contributed by atoms with Gasteiger partial charge in [-0.05, 0) is 45.7 Å². The second-order valence-electron chi connectivity index (χ2n) is 8.41. The van der Waals surface area contributed by atoms with Gasteiger partial charge in [-0.2, -0.15) is 0 Å². The highest BCUT2D eigenvalue weighted by molar-refractivity contribution is 5.66. The van der Waals surface area contributed by atoms with E-state index in [2.05, 4.69) is 24.8 Å². The van der Waals surface area contributed by atoms with Gasteiger partial charge in [-0.15, -0.1) is 0 Å². The van der Waals surface area contributed by atoms with Crippen LogP contribution in [0.4, 0.5) is 0 Å². The van der Waals surface area contributed by atoms with Gasteiger partial charge in [0.25, 0.3) is 0 Å². The molecule has 148 valence electrons. The average Bonchev–Trinajstić information content (AvgIpc) is 3.02. The molecule has 0 unspecified atom stereocenters. The summed E-state index contributed by atoms with van der Waals surface area (Å²) in [6.45, 7) is 6.06. The van der Waals surface area contributed by atoms with Gasteiger partial charge < -0.3 is 19.3 Å². The summed E-state index contributed by atoms with van der Waals surface area (Å²) < 4.78 is 18.6. The zero-order valence-corrected chi connectivity index (χ0v) is 16.3. The molecule has 0 radical (unpaired) electrons. The number of hydrogen-bond donors (Lipinski definition) is 1. The van der Waals surface area contributed by atoms with Crippen LogP contribution in [0.25, 0.3) is 0 Å². The predicted molar refractivity (Wildman–Crippen MR) is 100 cm³/mol. The van der Waals surface area contributed by atoms with Crippen molar-refractivity contribution in [2.45, 2.75) is 63.4 Å². The Bertz CT molecular complexity index is 719. The third-order valence-corrected chi connectivity index (χ3v) is 6.41. The lowest BCUT2D eigenvalue weighted by atomic mass is 9.74. The zero-order valence-electron chi connectivity index (χ0n) is 16.3. The third kappa shape index (κ3) is 3.29. The van der Waals surface area contributed by atoms with E-state index in [4.69, 9.17) is 19.3 Å². The van der Waals surface area contributed by atoms with Crippen molar-refractivity contribution < 1.29 is 24.1 Å². The van der Waals surface area contributed by atoms with Gasteiger partial charge in [0, 0.05) is 30.5 Å². The van der Waals surface area contributed by atoms with Crippen LogP contribution in [0.15, 0.2) is 18.2 Å². The van der Waals surface area contributed by atoms with Gasteiger partial charge in [0.2, 0.25) is 0 Å². The molecule has 6 heteroatoms. The molecule has 0 spiro atoms. The maximum Gasteiger partial charge on any atom is 0.303 e. The highest BCUT2D eigenvalue weighted by Gasteiger charge is 2.53. The van der Waals surface area contributed by atoms with Crippen LogP contribution in [-0.2, 0) is 9.53 Å². The van der Waals surface area contributed by atoms with E-state index < -0.39 is 5.97 Å². The predicted octanol–water partition coefficient (Wildman–Crippen LogP) is 3.25. The Morgan fingerprint density at radius 3 is 2.96 bits per heavy atom. The molecule has 1 aromatic rings. The van der Waals surface area contributed by atoms with E-state index in [1.807, 2.05) is 12.1 Å². The van der Waals surface area contributed by atoms with Crippen molar-refractivity contribution in [2.75, 3.05) is 20.2 Å². The molecule has 1 aromatic carbocycles. The molecule has 3 aliphatic heterocycles. The third-order valence-electron chi connectivity index (χ3n) is 6.41. The largest absolute Gasteiger partial charge is 0.493 e. The number of ether oxygens (including phenoxy) is 3. The number of nitrogens with zero attached hydrogens (tertiary/aromatic N) is 1. The van der Waals surface area contributed by atoms with Gasteiger partial charge in [-0.3, -0.25) is 9.69 Å². The van der Waals surface area contributed by atoms with Gasteiger partial charge in [-0.25, -0.2) is 0 Å². The summed E-state index contributed by atoms with van der Waals surface area (Å²) in [4.78, 5) is 13.2. The maximum atomic E-state index is 10.8. The highest BCUT2D eigenvalue weighted by Crippen LogP contribution is 2.54. The molecule has 2 fully saturated rings. The highest BCUT2D eigenvalue weighted by atomic mass is 16.5. The fourth-order valence-corrected chi connectivity index (χ4v) is 5.03. The second-order valence-corrected chi connectivity index (χ2v) is 8.41. The van der Waals surface area contributed by atoms with Crippen LogP contribution in [0.3, 0.4) is 0 Å². The van der Waals surface area contributed by atoms with E-state index in [0.29, 0.717) is 12.5 Å². The summed E-state index contributed by atoms with van der Waals surface area (Å²) in [7, 11) is 1.67. The number of para-hydroxylation sites is 1. The van der Waals surface area contributed by atoms with Gasteiger partial charge >= 0.3 is 5.97 Å².